The molecular weight excluding hydrogens is 267 g/mol. The van der Waals surface area contributed by atoms with E-state index in [1.807, 2.05) is 0 Å². The van der Waals surface area contributed by atoms with E-state index in [9.17, 15) is 9.36 Å². The van der Waals surface area contributed by atoms with Crippen LogP contribution in [0.2, 0.25) is 0 Å². The van der Waals surface area contributed by atoms with Crippen LogP contribution in [0.3, 0.4) is 0 Å². The third kappa shape index (κ3) is 3.66. The summed E-state index contributed by atoms with van der Waals surface area (Å²) in [7, 11) is -2.10. The molecule has 0 aliphatic carbocycles. The molecule has 0 saturated heterocycles. The first-order valence-corrected chi connectivity index (χ1v) is 7.61. The molecule has 1 aromatic rings. The van der Waals surface area contributed by atoms with Crippen LogP contribution < -0.4 is 5.30 Å². The lowest BCUT2D eigenvalue weighted by atomic mass is 10.1. The van der Waals surface area contributed by atoms with Gasteiger partial charge in [-0.2, -0.15) is 0 Å². The summed E-state index contributed by atoms with van der Waals surface area (Å²) in [6.45, 7) is 5.80. The Morgan fingerprint density at radius 2 is 1.79 bits per heavy atom. The highest BCUT2D eigenvalue weighted by Gasteiger charge is 2.29. The number of hydrogen-bond donors (Lipinski definition) is 0. The summed E-state index contributed by atoms with van der Waals surface area (Å²) in [5.41, 5.74) is 1.07. The van der Waals surface area contributed by atoms with Crippen molar-refractivity contribution in [1.29, 1.82) is 0 Å². The maximum atomic E-state index is 12.7. The lowest BCUT2D eigenvalue weighted by Gasteiger charge is -2.19. The molecule has 0 unspecified atom stereocenters. The monoisotopic (exact) mass is 286 g/mol. The van der Waals surface area contributed by atoms with E-state index in [-0.39, 0.29) is 13.2 Å². The molecule has 0 atom stereocenters. The Balaban J connectivity index is 3.29. The largest absolute Gasteiger partial charge is 0.465 e. The Morgan fingerprint density at radius 1 is 1.21 bits per heavy atom. The van der Waals surface area contributed by atoms with Gasteiger partial charge < -0.3 is 13.8 Å². The molecule has 0 radical (unpaired) electrons. The second-order valence-electron chi connectivity index (χ2n) is 3.83. The molecule has 0 aromatic heterocycles. The third-order valence-electron chi connectivity index (χ3n) is 2.52. The maximum absolute atomic E-state index is 12.7. The van der Waals surface area contributed by atoms with Gasteiger partial charge in [-0.25, -0.2) is 4.79 Å². The van der Waals surface area contributed by atoms with Crippen molar-refractivity contribution in [2.75, 3.05) is 20.3 Å². The van der Waals surface area contributed by atoms with Gasteiger partial charge >= 0.3 is 13.6 Å². The zero-order valence-electron chi connectivity index (χ0n) is 11.6. The highest BCUT2D eigenvalue weighted by Crippen LogP contribution is 2.47. The SMILES string of the molecule is CCOP(=O)(OCC)c1cc(C(=O)OC)ccc1C. The fourth-order valence-corrected chi connectivity index (χ4v) is 3.50. The molecule has 1 aromatic carbocycles. The van der Waals surface area contributed by atoms with Gasteiger partial charge in [-0.15, -0.1) is 0 Å². The van der Waals surface area contributed by atoms with Crippen LogP contribution in [0.25, 0.3) is 0 Å². The van der Waals surface area contributed by atoms with Crippen molar-refractivity contribution in [3.63, 3.8) is 0 Å². The number of carbonyl (C=O) groups excluding carboxylic acids is 1. The predicted octanol–water partition coefficient (Wildman–Crippen LogP) is 2.67. The van der Waals surface area contributed by atoms with Crippen LogP contribution in [-0.2, 0) is 18.3 Å². The fourth-order valence-electron chi connectivity index (χ4n) is 1.67. The molecule has 5 nitrogen and oxygen atoms in total. The number of aryl methyl sites for hydroxylation is 1. The molecule has 0 heterocycles. The van der Waals surface area contributed by atoms with Crippen LogP contribution in [0, 0.1) is 6.92 Å². The highest BCUT2D eigenvalue weighted by atomic mass is 31.2. The van der Waals surface area contributed by atoms with Gasteiger partial charge in [-0.3, -0.25) is 4.57 Å². The summed E-state index contributed by atoms with van der Waals surface area (Å²) >= 11 is 0. The lowest BCUT2D eigenvalue weighted by molar-refractivity contribution is 0.0601. The van der Waals surface area contributed by atoms with Crippen LogP contribution in [0.5, 0.6) is 0 Å². The van der Waals surface area contributed by atoms with E-state index < -0.39 is 13.6 Å². The van der Waals surface area contributed by atoms with Gasteiger partial charge in [0, 0.05) is 0 Å². The van der Waals surface area contributed by atoms with Gasteiger partial charge in [0.15, 0.2) is 0 Å². The van der Waals surface area contributed by atoms with Gasteiger partial charge in [0.25, 0.3) is 0 Å². The lowest BCUT2D eigenvalue weighted by Crippen LogP contribution is -2.16. The number of hydrogen-bond acceptors (Lipinski definition) is 5. The van der Waals surface area contributed by atoms with Crippen LogP contribution in [0.4, 0.5) is 0 Å². The van der Waals surface area contributed by atoms with Gasteiger partial charge in [0.05, 0.1) is 31.2 Å². The summed E-state index contributed by atoms with van der Waals surface area (Å²) in [5.74, 6) is -0.485. The maximum Gasteiger partial charge on any atom is 0.361 e. The number of rotatable bonds is 6. The van der Waals surface area contributed by atoms with E-state index in [1.165, 1.54) is 13.2 Å². The molecule has 0 N–H and O–H groups in total. The molecule has 0 spiro atoms. The minimum atomic E-state index is -3.39. The number of benzene rings is 1. The van der Waals surface area contributed by atoms with Gasteiger partial charge in [0.1, 0.15) is 0 Å². The summed E-state index contributed by atoms with van der Waals surface area (Å²) in [5, 5.41) is 0.402. The van der Waals surface area contributed by atoms with Crippen molar-refractivity contribution in [3.8, 4) is 0 Å². The Morgan fingerprint density at radius 3 is 2.26 bits per heavy atom. The smallest absolute Gasteiger partial charge is 0.361 e. The Bertz CT molecular complexity index is 488. The van der Waals surface area contributed by atoms with Crippen LogP contribution >= 0.6 is 7.60 Å². The Hall–Kier alpha value is -1.16. The van der Waals surface area contributed by atoms with E-state index >= 15 is 0 Å². The molecule has 0 aliphatic rings. The molecule has 6 heteroatoms. The van der Waals surface area contributed by atoms with Crippen molar-refractivity contribution in [3.05, 3.63) is 29.3 Å². The van der Waals surface area contributed by atoms with Crippen LogP contribution in [-0.4, -0.2) is 26.3 Å². The average Bonchev–Trinajstić information content (AvgIpc) is 2.38. The molecule has 0 saturated carbocycles. The zero-order valence-corrected chi connectivity index (χ0v) is 12.5. The second kappa shape index (κ2) is 6.85. The van der Waals surface area contributed by atoms with Gasteiger partial charge in [0.2, 0.25) is 0 Å². The van der Waals surface area contributed by atoms with Crippen molar-refractivity contribution in [2.24, 2.45) is 0 Å². The quantitative estimate of drug-likeness (QED) is 0.594. The van der Waals surface area contributed by atoms with E-state index in [1.54, 1.807) is 32.9 Å². The van der Waals surface area contributed by atoms with Crippen molar-refractivity contribution in [1.82, 2.24) is 0 Å². The van der Waals surface area contributed by atoms with Crippen molar-refractivity contribution >= 4 is 18.9 Å². The Labute approximate surface area is 113 Å². The number of ether oxygens (including phenoxy) is 1. The molecule has 0 bridgehead atoms. The first-order chi connectivity index (χ1) is 8.98. The minimum absolute atomic E-state index is 0.263. The highest BCUT2D eigenvalue weighted by molar-refractivity contribution is 7.62. The fraction of sp³-hybridized carbons (Fsp3) is 0.462. The molecule has 106 valence electrons. The topological polar surface area (TPSA) is 61.8 Å². The first-order valence-electron chi connectivity index (χ1n) is 6.07. The normalized spacial score (nSPS) is 11.4. The number of esters is 1. The summed E-state index contributed by atoms with van der Waals surface area (Å²) in [6.07, 6.45) is 0. The standard InChI is InChI=1S/C13H19O5P/c1-5-17-19(15,18-6-2)12-9-11(13(14)16-4)8-7-10(12)3/h7-9H,5-6H2,1-4H3. The van der Waals surface area contributed by atoms with E-state index in [0.29, 0.717) is 10.9 Å². The second-order valence-corrected chi connectivity index (χ2v) is 5.82. The van der Waals surface area contributed by atoms with Gasteiger partial charge in [-0.1, -0.05) is 6.07 Å². The molecule has 0 aliphatic heterocycles. The molecular formula is C13H19O5P. The van der Waals surface area contributed by atoms with Crippen molar-refractivity contribution in [2.45, 2.75) is 20.8 Å². The number of carbonyl (C=O) groups is 1. The summed E-state index contributed by atoms with van der Waals surface area (Å²) in [4.78, 5) is 11.5. The third-order valence-corrected chi connectivity index (χ3v) is 4.79. The molecule has 19 heavy (non-hydrogen) atoms. The van der Waals surface area contributed by atoms with E-state index in [0.717, 1.165) is 5.56 Å². The summed E-state index contributed by atoms with van der Waals surface area (Å²) < 4.78 is 27.9. The average molecular weight is 286 g/mol. The van der Waals surface area contributed by atoms with Gasteiger partial charge in [-0.05, 0) is 38.5 Å². The molecule has 1 rings (SSSR count). The Kier molecular flexibility index (Phi) is 5.73. The van der Waals surface area contributed by atoms with Crippen LogP contribution in [0.15, 0.2) is 18.2 Å². The van der Waals surface area contributed by atoms with E-state index in [4.69, 9.17) is 9.05 Å². The summed E-state index contributed by atoms with van der Waals surface area (Å²) in [6, 6.07) is 4.83. The van der Waals surface area contributed by atoms with Crippen molar-refractivity contribution < 1.29 is 23.1 Å². The zero-order chi connectivity index (χ0) is 14.5. The minimum Gasteiger partial charge on any atom is -0.465 e. The predicted molar refractivity (Wildman–Crippen MR) is 73.0 cm³/mol. The first kappa shape index (κ1) is 15.9. The molecule has 0 fully saturated rings. The van der Waals surface area contributed by atoms with Crippen LogP contribution in [0.1, 0.15) is 29.8 Å². The molecule has 0 amide bonds. The van der Waals surface area contributed by atoms with E-state index in [2.05, 4.69) is 4.74 Å². The number of methoxy groups -OCH3 is 1.